The minimum atomic E-state index is 0. The second-order valence-corrected chi connectivity index (χ2v) is 3.19. The Bertz CT molecular complexity index is 292. The zero-order valence-electron chi connectivity index (χ0n) is 8.90. The molecule has 0 saturated carbocycles. The molecule has 0 amide bonds. The number of hydrogen-bond acceptors (Lipinski definition) is 3. The molecule has 0 aromatic heterocycles. The molecule has 4 heteroatoms. The van der Waals surface area contributed by atoms with Crippen LogP contribution in [0.1, 0.15) is 18.9 Å². The number of benzene rings is 1. The van der Waals surface area contributed by atoms with E-state index in [0.717, 1.165) is 18.4 Å². The second kappa shape index (κ2) is 7.37. The van der Waals surface area contributed by atoms with E-state index in [-0.39, 0.29) is 18.2 Å². The van der Waals surface area contributed by atoms with E-state index in [0.29, 0.717) is 18.9 Å². The van der Waals surface area contributed by atoms with Crippen molar-refractivity contribution >= 4 is 12.4 Å². The zero-order valence-corrected chi connectivity index (χ0v) is 9.72. The highest BCUT2D eigenvalue weighted by Gasteiger charge is 2.02. The van der Waals surface area contributed by atoms with E-state index in [4.69, 9.17) is 10.5 Å². The monoisotopic (exact) mass is 231 g/mol. The summed E-state index contributed by atoms with van der Waals surface area (Å²) in [6, 6.07) is 5.50. The first kappa shape index (κ1) is 14.1. The molecular weight excluding hydrogens is 214 g/mol. The summed E-state index contributed by atoms with van der Waals surface area (Å²) in [7, 11) is 0. The van der Waals surface area contributed by atoms with Gasteiger partial charge in [-0.15, -0.1) is 12.4 Å². The predicted octanol–water partition coefficient (Wildman–Crippen LogP) is 2.10. The Labute approximate surface area is 96.7 Å². The van der Waals surface area contributed by atoms with Gasteiger partial charge < -0.3 is 15.6 Å². The molecule has 0 fully saturated rings. The van der Waals surface area contributed by atoms with Crippen LogP contribution in [-0.2, 0) is 6.42 Å². The van der Waals surface area contributed by atoms with Crippen molar-refractivity contribution in [3.63, 3.8) is 0 Å². The van der Waals surface area contributed by atoms with Gasteiger partial charge in [0, 0.05) is 6.54 Å². The van der Waals surface area contributed by atoms with Gasteiger partial charge >= 0.3 is 0 Å². The number of aryl methyl sites for hydroxylation is 1. The maximum absolute atomic E-state index is 9.58. The first-order valence-electron chi connectivity index (χ1n) is 4.92. The number of halogens is 1. The molecule has 1 aromatic carbocycles. The van der Waals surface area contributed by atoms with E-state index in [1.165, 1.54) is 0 Å². The van der Waals surface area contributed by atoms with Gasteiger partial charge in [0.05, 0.1) is 0 Å². The molecule has 0 aliphatic heterocycles. The molecule has 0 spiro atoms. The molecule has 0 atom stereocenters. The van der Waals surface area contributed by atoms with Crippen LogP contribution in [0.4, 0.5) is 0 Å². The van der Waals surface area contributed by atoms with Crippen LogP contribution < -0.4 is 10.5 Å². The predicted molar refractivity (Wildman–Crippen MR) is 63.9 cm³/mol. The van der Waals surface area contributed by atoms with Crippen LogP contribution >= 0.6 is 12.4 Å². The van der Waals surface area contributed by atoms with Gasteiger partial charge in [0.1, 0.15) is 6.61 Å². The summed E-state index contributed by atoms with van der Waals surface area (Å²) in [5, 5.41) is 9.58. The van der Waals surface area contributed by atoms with E-state index in [2.05, 4.69) is 6.92 Å². The SMILES string of the molecule is CCCc1ccc(OCCN)c(O)c1.Cl. The summed E-state index contributed by atoms with van der Waals surface area (Å²) in [5.74, 6) is 0.708. The number of hydrogen-bond donors (Lipinski definition) is 2. The van der Waals surface area contributed by atoms with Gasteiger partial charge in [-0.05, 0) is 24.1 Å². The molecule has 3 N–H and O–H groups in total. The van der Waals surface area contributed by atoms with Crippen molar-refractivity contribution in [3.8, 4) is 11.5 Å². The minimum Gasteiger partial charge on any atom is -0.504 e. The van der Waals surface area contributed by atoms with E-state index >= 15 is 0 Å². The van der Waals surface area contributed by atoms with Gasteiger partial charge in [0.15, 0.2) is 11.5 Å². The van der Waals surface area contributed by atoms with Crippen LogP contribution in [0.25, 0.3) is 0 Å². The summed E-state index contributed by atoms with van der Waals surface area (Å²) in [6.07, 6.45) is 2.05. The van der Waals surface area contributed by atoms with Gasteiger partial charge in [-0.2, -0.15) is 0 Å². The minimum absolute atomic E-state index is 0. The normalized spacial score (nSPS) is 9.47. The van der Waals surface area contributed by atoms with Gasteiger partial charge in [-0.3, -0.25) is 0 Å². The molecule has 3 nitrogen and oxygen atoms in total. The van der Waals surface area contributed by atoms with Crippen LogP contribution in [0.15, 0.2) is 18.2 Å². The molecule has 0 unspecified atom stereocenters. The molecule has 15 heavy (non-hydrogen) atoms. The van der Waals surface area contributed by atoms with Crippen LogP contribution in [-0.4, -0.2) is 18.3 Å². The molecule has 0 bridgehead atoms. The lowest BCUT2D eigenvalue weighted by atomic mass is 10.1. The third-order valence-corrected chi connectivity index (χ3v) is 1.94. The van der Waals surface area contributed by atoms with Crippen LogP contribution in [0.2, 0.25) is 0 Å². The number of rotatable bonds is 5. The molecule has 0 saturated heterocycles. The molecular formula is C11H18ClNO2. The van der Waals surface area contributed by atoms with Crippen molar-refractivity contribution in [2.75, 3.05) is 13.2 Å². The molecule has 86 valence electrons. The fraction of sp³-hybridized carbons (Fsp3) is 0.455. The highest BCUT2D eigenvalue weighted by Crippen LogP contribution is 2.26. The summed E-state index contributed by atoms with van der Waals surface area (Å²) >= 11 is 0. The van der Waals surface area contributed by atoms with E-state index in [9.17, 15) is 5.11 Å². The quantitative estimate of drug-likeness (QED) is 0.816. The number of aromatic hydroxyl groups is 1. The van der Waals surface area contributed by atoms with E-state index < -0.39 is 0 Å². The average molecular weight is 232 g/mol. The van der Waals surface area contributed by atoms with Crippen molar-refractivity contribution in [2.24, 2.45) is 5.73 Å². The lowest BCUT2D eigenvalue weighted by molar-refractivity contribution is 0.308. The van der Waals surface area contributed by atoms with Gasteiger partial charge in [-0.25, -0.2) is 0 Å². The number of ether oxygens (including phenoxy) is 1. The van der Waals surface area contributed by atoms with Crippen molar-refractivity contribution in [3.05, 3.63) is 23.8 Å². The van der Waals surface area contributed by atoms with Crippen molar-refractivity contribution in [1.82, 2.24) is 0 Å². The molecule has 1 rings (SSSR count). The summed E-state index contributed by atoms with van der Waals surface area (Å²) < 4.78 is 5.24. The van der Waals surface area contributed by atoms with Gasteiger partial charge in [-0.1, -0.05) is 19.4 Å². The Morgan fingerprint density at radius 1 is 1.40 bits per heavy atom. The first-order valence-corrected chi connectivity index (χ1v) is 4.92. The zero-order chi connectivity index (χ0) is 10.4. The third kappa shape index (κ3) is 4.40. The lowest BCUT2D eigenvalue weighted by Gasteiger charge is -2.07. The Morgan fingerprint density at radius 2 is 2.13 bits per heavy atom. The Balaban J connectivity index is 0.00000196. The number of nitrogens with two attached hydrogens (primary N) is 1. The topological polar surface area (TPSA) is 55.5 Å². The third-order valence-electron chi connectivity index (χ3n) is 1.94. The van der Waals surface area contributed by atoms with Crippen molar-refractivity contribution in [2.45, 2.75) is 19.8 Å². The van der Waals surface area contributed by atoms with Gasteiger partial charge in [0.2, 0.25) is 0 Å². The Hall–Kier alpha value is -0.930. The smallest absolute Gasteiger partial charge is 0.160 e. The van der Waals surface area contributed by atoms with Crippen molar-refractivity contribution < 1.29 is 9.84 Å². The largest absolute Gasteiger partial charge is 0.504 e. The van der Waals surface area contributed by atoms with Crippen LogP contribution in [0, 0.1) is 0 Å². The number of phenolic OH excluding ortho intramolecular Hbond substituents is 1. The maximum Gasteiger partial charge on any atom is 0.160 e. The Morgan fingerprint density at radius 3 is 2.67 bits per heavy atom. The average Bonchev–Trinajstić information content (AvgIpc) is 2.17. The Kier molecular flexibility index (Phi) is 6.92. The van der Waals surface area contributed by atoms with E-state index in [1.807, 2.05) is 6.07 Å². The highest BCUT2D eigenvalue weighted by molar-refractivity contribution is 5.85. The molecule has 0 radical (unpaired) electrons. The fourth-order valence-electron chi connectivity index (χ4n) is 1.30. The molecule has 1 aromatic rings. The van der Waals surface area contributed by atoms with Crippen molar-refractivity contribution in [1.29, 1.82) is 0 Å². The van der Waals surface area contributed by atoms with Crippen LogP contribution in [0.3, 0.4) is 0 Å². The maximum atomic E-state index is 9.58. The summed E-state index contributed by atoms with van der Waals surface area (Å²) in [5.41, 5.74) is 6.43. The van der Waals surface area contributed by atoms with Gasteiger partial charge in [0.25, 0.3) is 0 Å². The lowest BCUT2D eigenvalue weighted by Crippen LogP contribution is -2.10. The second-order valence-electron chi connectivity index (χ2n) is 3.19. The highest BCUT2D eigenvalue weighted by atomic mass is 35.5. The summed E-state index contributed by atoms with van der Waals surface area (Å²) in [6.45, 7) is 2.99. The first-order chi connectivity index (χ1) is 6.77. The van der Waals surface area contributed by atoms with Crippen LogP contribution in [0.5, 0.6) is 11.5 Å². The fourth-order valence-corrected chi connectivity index (χ4v) is 1.30. The molecule has 0 aliphatic carbocycles. The van der Waals surface area contributed by atoms with E-state index in [1.54, 1.807) is 12.1 Å². The molecule has 0 aliphatic rings. The standard InChI is InChI=1S/C11H17NO2.ClH/c1-2-3-9-4-5-11(10(13)8-9)14-7-6-12;/h4-5,8,13H,2-3,6-7,12H2,1H3;1H. The summed E-state index contributed by atoms with van der Waals surface area (Å²) in [4.78, 5) is 0. The molecule has 0 heterocycles. The number of phenols is 1.